The summed E-state index contributed by atoms with van der Waals surface area (Å²) in [6, 6.07) is 3.22. The molecule has 0 aliphatic carbocycles. The second-order valence-corrected chi connectivity index (χ2v) is 9.99. The van der Waals surface area contributed by atoms with Crippen molar-refractivity contribution in [2.24, 2.45) is 0 Å². The van der Waals surface area contributed by atoms with E-state index in [1.165, 1.54) is 103 Å². The van der Waals surface area contributed by atoms with E-state index < -0.39 is 0 Å². The molecule has 2 rings (SSSR count). The van der Waals surface area contributed by atoms with E-state index in [1.54, 1.807) is 12.1 Å². The second-order valence-electron chi connectivity index (χ2n) is 9.20. The maximum atomic E-state index is 12.5. The summed E-state index contributed by atoms with van der Waals surface area (Å²) in [6.45, 7) is 7.63. The highest BCUT2D eigenvalue weighted by molar-refractivity contribution is 6.34. The van der Waals surface area contributed by atoms with E-state index in [-0.39, 0.29) is 33.7 Å². The molecule has 0 atom stereocenters. The molecule has 1 aromatic heterocycles. The predicted molar refractivity (Wildman–Crippen MR) is 132 cm³/mol. The normalized spacial score (nSPS) is 15.2. The first-order chi connectivity index (χ1) is 15.1. The van der Waals surface area contributed by atoms with Gasteiger partial charge in [0.05, 0.1) is 37.7 Å². The lowest BCUT2D eigenvalue weighted by Crippen LogP contribution is -3.00. The molecule has 184 valence electrons. The van der Waals surface area contributed by atoms with Crippen LogP contribution in [0.15, 0.2) is 12.1 Å². The van der Waals surface area contributed by atoms with Crippen molar-refractivity contribution in [2.45, 2.75) is 90.4 Å². The van der Waals surface area contributed by atoms with Crippen LogP contribution in [0.4, 0.5) is 0 Å². The van der Waals surface area contributed by atoms with Crippen LogP contribution in [-0.2, 0) is 0 Å². The first-order valence-corrected chi connectivity index (χ1v) is 13.3. The number of hydrogen-bond acceptors (Lipinski definition) is 2. The van der Waals surface area contributed by atoms with Gasteiger partial charge in [0.1, 0.15) is 10.8 Å². The number of amides is 1. The Morgan fingerprint density at radius 3 is 2.12 bits per heavy atom. The minimum atomic E-state index is -0.235. The van der Waals surface area contributed by atoms with E-state index in [4.69, 9.17) is 23.2 Å². The second kappa shape index (κ2) is 17.1. The minimum absolute atomic E-state index is 0. The van der Waals surface area contributed by atoms with Crippen LogP contribution in [-0.4, -0.2) is 48.1 Å². The number of carbonyl (C=O) groups excluding carboxylic acids is 1. The molecule has 2 heterocycles. The van der Waals surface area contributed by atoms with E-state index >= 15 is 0 Å². The number of rotatable bonds is 15. The largest absolute Gasteiger partial charge is 1.00 e. The third kappa shape index (κ3) is 11.2. The minimum Gasteiger partial charge on any atom is -1.00 e. The van der Waals surface area contributed by atoms with Crippen molar-refractivity contribution in [2.75, 3.05) is 32.7 Å². The number of quaternary nitrogens is 1. The van der Waals surface area contributed by atoms with E-state index in [0.717, 1.165) is 11.0 Å². The van der Waals surface area contributed by atoms with E-state index in [9.17, 15) is 4.79 Å². The summed E-state index contributed by atoms with van der Waals surface area (Å²) in [5.41, 5.74) is 0.217. The molecule has 0 aromatic carbocycles. The number of carbonyl (C=O) groups is 1. The van der Waals surface area contributed by atoms with Crippen LogP contribution in [0, 0.1) is 0 Å². The zero-order valence-electron chi connectivity index (χ0n) is 19.8. The number of aromatic nitrogens is 1. The van der Waals surface area contributed by atoms with Gasteiger partial charge in [-0.05, 0) is 44.2 Å². The fraction of sp³-hybridized carbons (Fsp3) is 0.760. The monoisotopic (exact) mass is 549 g/mol. The molecule has 1 N–H and O–H groups in total. The molecule has 0 bridgehead atoms. The molecular formula is C25H42BrCl2N3O. The molecule has 0 unspecified atom stereocenters. The SMILES string of the molecule is CCCCCCCCCCCC[N+]1(CCNC(=O)c2nc(Cl)ccc2Cl)CCCCC1.[Br-]. The van der Waals surface area contributed by atoms with Crippen molar-refractivity contribution in [1.82, 2.24) is 10.3 Å². The predicted octanol–water partition coefficient (Wildman–Crippen LogP) is 4.04. The lowest BCUT2D eigenvalue weighted by atomic mass is 10.0. The fourth-order valence-corrected chi connectivity index (χ4v) is 5.08. The molecule has 1 aromatic rings. The van der Waals surface area contributed by atoms with Gasteiger partial charge in [0.15, 0.2) is 0 Å². The molecule has 32 heavy (non-hydrogen) atoms. The topological polar surface area (TPSA) is 42.0 Å². The number of halogens is 3. The molecule has 1 aliphatic rings. The third-order valence-electron chi connectivity index (χ3n) is 6.65. The first kappa shape index (κ1) is 29.7. The Hall–Kier alpha value is -0.360. The molecule has 0 radical (unpaired) electrons. The van der Waals surface area contributed by atoms with Crippen molar-refractivity contribution >= 4 is 29.1 Å². The van der Waals surface area contributed by atoms with Crippen LogP contribution in [0.25, 0.3) is 0 Å². The average Bonchev–Trinajstić information content (AvgIpc) is 2.77. The number of hydrogen-bond donors (Lipinski definition) is 1. The van der Waals surface area contributed by atoms with Gasteiger partial charge >= 0.3 is 0 Å². The highest BCUT2D eigenvalue weighted by atomic mass is 79.9. The number of likely N-dealkylation sites (tertiary alicyclic amines) is 1. The summed E-state index contributed by atoms with van der Waals surface area (Å²) in [5.74, 6) is -0.235. The Balaban J connectivity index is 0.00000512. The van der Waals surface area contributed by atoms with Crippen molar-refractivity contribution in [3.8, 4) is 0 Å². The zero-order valence-corrected chi connectivity index (χ0v) is 22.9. The van der Waals surface area contributed by atoms with Gasteiger partial charge in [0.25, 0.3) is 5.91 Å². The highest BCUT2D eigenvalue weighted by Crippen LogP contribution is 2.21. The van der Waals surface area contributed by atoms with Crippen molar-refractivity contribution in [3.63, 3.8) is 0 Å². The van der Waals surface area contributed by atoms with Crippen LogP contribution >= 0.6 is 23.2 Å². The Kier molecular flexibility index (Phi) is 15.9. The van der Waals surface area contributed by atoms with Gasteiger partial charge in [-0.1, -0.05) is 81.5 Å². The quantitative estimate of drug-likeness (QED) is 0.203. The van der Waals surface area contributed by atoms with Gasteiger partial charge in [-0.3, -0.25) is 4.79 Å². The third-order valence-corrected chi connectivity index (χ3v) is 7.17. The van der Waals surface area contributed by atoms with E-state index in [0.29, 0.717) is 11.6 Å². The summed E-state index contributed by atoms with van der Waals surface area (Å²) in [4.78, 5) is 16.6. The lowest BCUT2D eigenvalue weighted by molar-refractivity contribution is -0.931. The highest BCUT2D eigenvalue weighted by Gasteiger charge is 2.29. The maximum absolute atomic E-state index is 12.5. The molecule has 0 saturated carbocycles. The van der Waals surface area contributed by atoms with Gasteiger partial charge in [-0.15, -0.1) is 0 Å². The summed E-state index contributed by atoms with van der Waals surface area (Å²) in [6.07, 6.45) is 17.7. The van der Waals surface area contributed by atoms with E-state index in [1.807, 2.05) is 0 Å². The standard InChI is InChI=1S/C25H41Cl2N3O.BrH/c1-2-3-4-5-6-7-8-9-10-12-18-30(19-13-11-14-20-30)21-17-28-25(31)24-22(26)15-16-23(27)29-24;/h15-16H,2-14,17-21H2,1H3;1H. The molecule has 1 fully saturated rings. The molecule has 4 nitrogen and oxygen atoms in total. The number of nitrogens with one attached hydrogen (secondary N) is 1. The molecule has 0 spiro atoms. The van der Waals surface area contributed by atoms with Gasteiger partial charge < -0.3 is 26.8 Å². The summed E-state index contributed by atoms with van der Waals surface area (Å²) in [5, 5.41) is 3.65. The van der Waals surface area contributed by atoms with Gasteiger partial charge in [-0.25, -0.2) is 4.98 Å². The fourth-order valence-electron chi connectivity index (χ4n) is 4.74. The van der Waals surface area contributed by atoms with Crippen LogP contribution in [0.1, 0.15) is 101 Å². The summed E-state index contributed by atoms with van der Waals surface area (Å²) in [7, 11) is 0. The Bertz CT molecular complexity index is 654. The molecule has 1 saturated heterocycles. The molecule has 1 amide bonds. The summed E-state index contributed by atoms with van der Waals surface area (Å²) < 4.78 is 1.15. The van der Waals surface area contributed by atoms with Crippen molar-refractivity contribution < 1.29 is 26.3 Å². The maximum Gasteiger partial charge on any atom is 0.271 e. The van der Waals surface area contributed by atoms with Crippen LogP contribution in [0.3, 0.4) is 0 Å². The Labute approximate surface area is 216 Å². The first-order valence-electron chi connectivity index (χ1n) is 12.5. The Morgan fingerprint density at radius 2 is 1.50 bits per heavy atom. The number of nitrogens with zero attached hydrogens (tertiary/aromatic N) is 2. The zero-order chi connectivity index (χ0) is 22.4. The number of piperidine rings is 1. The molecule has 1 aliphatic heterocycles. The van der Waals surface area contributed by atoms with Crippen molar-refractivity contribution in [3.05, 3.63) is 28.0 Å². The average molecular weight is 551 g/mol. The van der Waals surface area contributed by atoms with Gasteiger partial charge in [0, 0.05) is 0 Å². The van der Waals surface area contributed by atoms with Crippen LogP contribution < -0.4 is 22.3 Å². The molecule has 7 heteroatoms. The van der Waals surface area contributed by atoms with Crippen molar-refractivity contribution in [1.29, 1.82) is 0 Å². The smallest absolute Gasteiger partial charge is 0.271 e. The van der Waals surface area contributed by atoms with E-state index in [2.05, 4.69) is 17.2 Å². The van der Waals surface area contributed by atoms with Crippen LogP contribution in [0.2, 0.25) is 10.2 Å². The number of pyridine rings is 1. The Morgan fingerprint density at radius 1 is 0.906 bits per heavy atom. The lowest BCUT2D eigenvalue weighted by Gasteiger charge is -2.42. The summed E-state index contributed by atoms with van der Waals surface area (Å²) >= 11 is 12.0. The van der Waals surface area contributed by atoms with Gasteiger partial charge in [0.2, 0.25) is 0 Å². The van der Waals surface area contributed by atoms with Gasteiger partial charge in [-0.2, -0.15) is 0 Å². The molecular weight excluding hydrogens is 509 g/mol. The number of unbranched alkanes of at least 4 members (excludes halogenated alkanes) is 9. The van der Waals surface area contributed by atoms with Crippen LogP contribution in [0.5, 0.6) is 0 Å².